The second-order valence-corrected chi connectivity index (χ2v) is 6.58. The van der Waals surface area contributed by atoms with Crippen molar-refractivity contribution in [3.8, 4) is 0 Å². The van der Waals surface area contributed by atoms with Crippen molar-refractivity contribution < 1.29 is 14.7 Å². The molecule has 1 aromatic rings. The first-order chi connectivity index (χ1) is 9.84. The van der Waals surface area contributed by atoms with E-state index < -0.39 is 17.3 Å². The molecule has 4 N–H and O–H groups in total. The molecule has 2 unspecified atom stereocenters. The second kappa shape index (κ2) is 6.05. The van der Waals surface area contributed by atoms with E-state index in [-0.39, 0.29) is 6.04 Å². The van der Waals surface area contributed by atoms with Crippen molar-refractivity contribution in [2.24, 2.45) is 11.1 Å². The first kappa shape index (κ1) is 15.8. The van der Waals surface area contributed by atoms with Gasteiger partial charge in [-0.15, -0.1) is 0 Å². The van der Waals surface area contributed by atoms with E-state index in [2.05, 4.69) is 21.2 Å². The smallest absolute Gasteiger partial charge is 0.311 e. The zero-order chi connectivity index (χ0) is 15.6. The van der Waals surface area contributed by atoms with Gasteiger partial charge in [-0.25, -0.2) is 0 Å². The number of benzene rings is 1. The maximum absolute atomic E-state index is 11.6. The van der Waals surface area contributed by atoms with Gasteiger partial charge in [0.05, 0.1) is 11.0 Å². The van der Waals surface area contributed by atoms with Crippen LogP contribution in [-0.2, 0) is 4.79 Å². The molecule has 2 atom stereocenters. The lowest BCUT2D eigenvalue weighted by Crippen LogP contribution is -2.46. The summed E-state index contributed by atoms with van der Waals surface area (Å²) in [6, 6.07) is 5.02. The number of carbonyl (C=O) groups is 2. The fraction of sp³-hybridized carbons (Fsp3) is 0.467. The normalized spacial score (nSPS) is 25.3. The highest BCUT2D eigenvalue weighted by molar-refractivity contribution is 9.10. The highest BCUT2D eigenvalue weighted by atomic mass is 79.9. The summed E-state index contributed by atoms with van der Waals surface area (Å²) >= 11 is 3.31. The standard InChI is InChI=1S/C15H19BrN2O3/c1-15(14(20)21)7-3-2-4-12(15)18-9-5-6-10(13(17)19)11(16)8-9/h5-6,8,12,18H,2-4,7H2,1H3,(H2,17,19)(H,20,21). The molecule has 0 spiro atoms. The molecule has 0 bridgehead atoms. The Morgan fingerprint density at radius 3 is 2.71 bits per heavy atom. The van der Waals surface area contributed by atoms with Gasteiger partial charge in [0, 0.05) is 16.2 Å². The highest BCUT2D eigenvalue weighted by Crippen LogP contribution is 2.38. The molecular formula is C15H19BrN2O3. The Kier molecular flexibility index (Phi) is 4.56. The van der Waals surface area contributed by atoms with Crippen molar-refractivity contribution in [3.63, 3.8) is 0 Å². The molecule has 6 heteroatoms. The van der Waals surface area contributed by atoms with E-state index in [4.69, 9.17) is 5.73 Å². The number of hydrogen-bond donors (Lipinski definition) is 3. The average Bonchev–Trinajstić information content (AvgIpc) is 2.41. The van der Waals surface area contributed by atoms with Gasteiger partial charge in [0.15, 0.2) is 0 Å². The number of anilines is 1. The zero-order valence-corrected chi connectivity index (χ0v) is 13.4. The monoisotopic (exact) mass is 354 g/mol. The van der Waals surface area contributed by atoms with Gasteiger partial charge in [0.1, 0.15) is 0 Å². The van der Waals surface area contributed by atoms with E-state index in [1.165, 1.54) is 0 Å². The molecule has 0 radical (unpaired) electrons. The summed E-state index contributed by atoms with van der Waals surface area (Å²) in [4.78, 5) is 22.8. The van der Waals surface area contributed by atoms with Crippen LogP contribution in [0.1, 0.15) is 43.0 Å². The van der Waals surface area contributed by atoms with Gasteiger partial charge < -0.3 is 16.2 Å². The van der Waals surface area contributed by atoms with Gasteiger partial charge in [0.2, 0.25) is 5.91 Å². The van der Waals surface area contributed by atoms with Crippen LogP contribution in [0.2, 0.25) is 0 Å². The molecule has 21 heavy (non-hydrogen) atoms. The summed E-state index contributed by atoms with van der Waals surface area (Å²) in [5.41, 5.74) is 5.69. The van der Waals surface area contributed by atoms with E-state index in [1.54, 1.807) is 25.1 Å². The van der Waals surface area contributed by atoms with Gasteiger partial charge in [0.25, 0.3) is 0 Å². The zero-order valence-electron chi connectivity index (χ0n) is 11.9. The maximum atomic E-state index is 11.6. The quantitative estimate of drug-likeness (QED) is 0.774. The van der Waals surface area contributed by atoms with E-state index in [1.807, 2.05) is 0 Å². The van der Waals surface area contributed by atoms with Gasteiger partial charge in [-0.05, 0) is 53.9 Å². The van der Waals surface area contributed by atoms with Crippen LogP contribution >= 0.6 is 15.9 Å². The van der Waals surface area contributed by atoms with Crippen molar-refractivity contribution in [1.29, 1.82) is 0 Å². The van der Waals surface area contributed by atoms with Crippen molar-refractivity contribution in [1.82, 2.24) is 0 Å². The summed E-state index contributed by atoms with van der Waals surface area (Å²) in [7, 11) is 0. The van der Waals surface area contributed by atoms with Crippen LogP contribution in [0.15, 0.2) is 22.7 Å². The third-order valence-corrected chi connectivity index (χ3v) is 4.93. The number of hydrogen-bond acceptors (Lipinski definition) is 3. The molecule has 1 aromatic carbocycles. The van der Waals surface area contributed by atoms with Crippen molar-refractivity contribution in [2.75, 3.05) is 5.32 Å². The van der Waals surface area contributed by atoms with Crippen LogP contribution in [-0.4, -0.2) is 23.0 Å². The molecule has 0 aliphatic heterocycles. The van der Waals surface area contributed by atoms with Crippen LogP contribution < -0.4 is 11.1 Å². The summed E-state index contributed by atoms with van der Waals surface area (Å²) in [6.07, 6.45) is 3.44. The van der Waals surface area contributed by atoms with E-state index in [9.17, 15) is 14.7 Å². The average molecular weight is 355 g/mol. The van der Waals surface area contributed by atoms with Crippen LogP contribution in [0.3, 0.4) is 0 Å². The van der Waals surface area contributed by atoms with Gasteiger partial charge in [-0.1, -0.05) is 12.8 Å². The van der Waals surface area contributed by atoms with Crippen molar-refractivity contribution in [2.45, 2.75) is 38.6 Å². The van der Waals surface area contributed by atoms with E-state index in [0.29, 0.717) is 16.5 Å². The molecule has 2 rings (SSSR count). The molecule has 1 amide bonds. The lowest BCUT2D eigenvalue weighted by Gasteiger charge is -2.39. The molecule has 1 aliphatic rings. The van der Waals surface area contributed by atoms with Crippen LogP contribution in [0.5, 0.6) is 0 Å². The third-order valence-electron chi connectivity index (χ3n) is 4.27. The second-order valence-electron chi connectivity index (χ2n) is 5.72. The molecule has 0 saturated heterocycles. The number of carboxylic acids is 1. The number of amides is 1. The van der Waals surface area contributed by atoms with Gasteiger partial charge in [-0.2, -0.15) is 0 Å². The minimum Gasteiger partial charge on any atom is -0.481 e. The Morgan fingerprint density at radius 1 is 1.43 bits per heavy atom. The van der Waals surface area contributed by atoms with Gasteiger partial charge in [-0.3, -0.25) is 9.59 Å². The molecule has 0 aromatic heterocycles. The van der Waals surface area contributed by atoms with E-state index in [0.717, 1.165) is 24.9 Å². The molecule has 1 aliphatic carbocycles. The Bertz CT molecular complexity index is 576. The molecule has 5 nitrogen and oxygen atoms in total. The van der Waals surface area contributed by atoms with Crippen LogP contribution in [0.4, 0.5) is 5.69 Å². The highest BCUT2D eigenvalue weighted by Gasteiger charge is 2.43. The fourth-order valence-electron chi connectivity index (χ4n) is 2.83. The first-order valence-electron chi connectivity index (χ1n) is 6.94. The number of nitrogens with two attached hydrogens (primary N) is 1. The number of carboxylic acid groups (broad SMARTS) is 1. The first-order valence-corrected chi connectivity index (χ1v) is 7.73. The maximum Gasteiger partial charge on any atom is 0.311 e. The minimum atomic E-state index is -0.771. The largest absolute Gasteiger partial charge is 0.481 e. The van der Waals surface area contributed by atoms with Crippen LogP contribution in [0, 0.1) is 5.41 Å². The Balaban J connectivity index is 2.22. The minimum absolute atomic E-state index is 0.130. The lowest BCUT2D eigenvalue weighted by atomic mass is 9.71. The summed E-state index contributed by atoms with van der Waals surface area (Å²) in [5, 5.41) is 12.8. The molecule has 114 valence electrons. The number of halogens is 1. The Hall–Kier alpha value is -1.56. The number of primary amides is 1. The van der Waals surface area contributed by atoms with Crippen LogP contribution in [0.25, 0.3) is 0 Å². The fourth-order valence-corrected chi connectivity index (χ4v) is 3.40. The topological polar surface area (TPSA) is 92.4 Å². The number of rotatable bonds is 4. The van der Waals surface area contributed by atoms with E-state index >= 15 is 0 Å². The Morgan fingerprint density at radius 2 is 2.14 bits per heavy atom. The molecule has 0 heterocycles. The van der Waals surface area contributed by atoms with Crippen molar-refractivity contribution >= 4 is 33.5 Å². The predicted octanol–water partition coefficient (Wildman–Crippen LogP) is 2.99. The number of nitrogens with one attached hydrogen (secondary N) is 1. The SMILES string of the molecule is CC1(C(=O)O)CCCCC1Nc1ccc(C(N)=O)c(Br)c1. The van der Waals surface area contributed by atoms with Gasteiger partial charge >= 0.3 is 5.97 Å². The summed E-state index contributed by atoms with van der Waals surface area (Å²) in [6.45, 7) is 1.79. The Labute approximate surface area is 132 Å². The summed E-state index contributed by atoms with van der Waals surface area (Å²) < 4.78 is 0.604. The predicted molar refractivity (Wildman–Crippen MR) is 84.3 cm³/mol. The van der Waals surface area contributed by atoms with Crippen molar-refractivity contribution in [3.05, 3.63) is 28.2 Å². The lowest BCUT2D eigenvalue weighted by molar-refractivity contribution is -0.150. The molecular weight excluding hydrogens is 336 g/mol. The number of carbonyl (C=O) groups excluding carboxylic acids is 1. The number of aliphatic carboxylic acids is 1. The molecule has 1 fully saturated rings. The third kappa shape index (κ3) is 3.20. The summed E-state index contributed by atoms with van der Waals surface area (Å²) in [5.74, 6) is -1.27. The molecule has 1 saturated carbocycles.